The molecule has 0 fully saturated rings. The number of halogens is 2. The molecule has 0 saturated heterocycles. The molecule has 0 bridgehead atoms. The smallest absolute Gasteiger partial charge is 0.141 e. The fraction of sp³-hybridized carbons (Fsp3) is 0.214. The number of aryl methyl sites for hydroxylation is 2. The molecule has 0 atom stereocenters. The monoisotopic (exact) mass is 324 g/mol. The van der Waals surface area contributed by atoms with Crippen molar-refractivity contribution in [3.63, 3.8) is 0 Å². The molecule has 100 valence electrons. The van der Waals surface area contributed by atoms with Gasteiger partial charge in [-0.3, -0.25) is 4.98 Å². The molecule has 1 aromatic heterocycles. The fourth-order valence-electron chi connectivity index (χ4n) is 1.84. The van der Waals surface area contributed by atoms with Crippen LogP contribution >= 0.6 is 15.9 Å². The van der Waals surface area contributed by atoms with Crippen molar-refractivity contribution in [1.82, 2.24) is 4.98 Å². The lowest BCUT2D eigenvalue weighted by Crippen LogP contribution is -2.05. The molecule has 1 heterocycles. The number of ether oxygens (including phenoxy) is 1. The second-order valence-corrected chi connectivity index (χ2v) is 5.06. The molecule has 0 amide bonds. The molecule has 0 spiro atoms. The molecule has 0 unspecified atom stereocenters. The van der Waals surface area contributed by atoms with Crippen LogP contribution in [-0.2, 0) is 6.54 Å². The van der Waals surface area contributed by atoms with Gasteiger partial charge in [0.15, 0.2) is 0 Å². The van der Waals surface area contributed by atoms with Crippen LogP contribution in [0.15, 0.2) is 28.7 Å². The van der Waals surface area contributed by atoms with Crippen LogP contribution in [0.25, 0.3) is 0 Å². The Labute approximate surface area is 119 Å². The third-order valence-electron chi connectivity index (χ3n) is 2.74. The van der Waals surface area contributed by atoms with E-state index in [0.717, 1.165) is 17.0 Å². The average Bonchev–Trinajstić information content (AvgIpc) is 2.32. The predicted molar refractivity (Wildman–Crippen MR) is 75.8 cm³/mol. The number of pyridine rings is 1. The maximum Gasteiger partial charge on any atom is 0.141 e. The van der Waals surface area contributed by atoms with Crippen molar-refractivity contribution in [2.24, 2.45) is 5.73 Å². The lowest BCUT2D eigenvalue weighted by atomic mass is 10.1. The number of nitrogens with two attached hydrogens (primary N) is 1. The van der Waals surface area contributed by atoms with Gasteiger partial charge in [0.25, 0.3) is 0 Å². The number of aromatic nitrogens is 1. The van der Waals surface area contributed by atoms with Gasteiger partial charge in [0.2, 0.25) is 0 Å². The van der Waals surface area contributed by atoms with E-state index >= 15 is 0 Å². The zero-order chi connectivity index (χ0) is 14.0. The van der Waals surface area contributed by atoms with Crippen LogP contribution in [0.5, 0.6) is 11.5 Å². The highest BCUT2D eigenvalue weighted by atomic mass is 79.9. The van der Waals surface area contributed by atoms with E-state index in [1.54, 1.807) is 6.07 Å². The summed E-state index contributed by atoms with van der Waals surface area (Å²) < 4.78 is 19.4. The Hall–Kier alpha value is -1.46. The van der Waals surface area contributed by atoms with Crippen molar-refractivity contribution in [2.75, 3.05) is 0 Å². The SMILES string of the molecule is Cc1cc(Oc2ccc(F)cc2Br)c(CN)c(C)n1. The first-order chi connectivity index (χ1) is 9.01. The summed E-state index contributed by atoms with van der Waals surface area (Å²) in [6.07, 6.45) is 0. The molecule has 2 rings (SSSR count). The van der Waals surface area contributed by atoms with Crippen LogP contribution in [0.1, 0.15) is 17.0 Å². The van der Waals surface area contributed by atoms with Gasteiger partial charge in [0.05, 0.1) is 4.47 Å². The summed E-state index contributed by atoms with van der Waals surface area (Å²) in [5, 5.41) is 0. The second kappa shape index (κ2) is 5.67. The lowest BCUT2D eigenvalue weighted by Gasteiger charge is -2.14. The highest BCUT2D eigenvalue weighted by Gasteiger charge is 2.11. The largest absolute Gasteiger partial charge is 0.456 e. The summed E-state index contributed by atoms with van der Waals surface area (Å²) in [5.74, 6) is 0.876. The van der Waals surface area contributed by atoms with E-state index in [0.29, 0.717) is 22.5 Å². The summed E-state index contributed by atoms with van der Waals surface area (Å²) in [5.41, 5.74) is 8.27. The molecular weight excluding hydrogens is 311 g/mol. The van der Waals surface area contributed by atoms with E-state index in [-0.39, 0.29) is 5.82 Å². The molecule has 2 aromatic rings. The van der Waals surface area contributed by atoms with Gasteiger partial charge in [-0.25, -0.2) is 4.39 Å². The van der Waals surface area contributed by atoms with E-state index in [4.69, 9.17) is 10.5 Å². The minimum atomic E-state index is -0.319. The van der Waals surface area contributed by atoms with E-state index in [1.165, 1.54) is 12.1 Å². The Morgan fingerprint density at radius 1 is 1.26 bits per heavy atom. The highest BCUT2D eigenvalue weighted by Crippen LogP contribution is 2.32. The van der Waals surface area contributed by atoms with E-state index in [2.05, 4.69) is 20.9 Å². The Kier molecular flexibility index (Phi) is 4.17. The molecule has 19 heavy (non-hydrogen) atoms. The van der Waals surface area contributed by atoms with Crippen LogP contribution in [0, 0.1) is 19.7 Å². The molecule has 1 aromatic carbocycles. The molecule has 0 aliphatic carbocycles. The standard InChI is InChI=1S/C14H14BrFN2O/c1-8-5-14(11(7-17)9(2)18-8)19-13-4-3-10(16)6-12(13)15/h3-6H,7,17H2,1-2H3. The third-order valence-corrected chi connectivity index (χ3v) is 3.36. The first-order valence-corrected chi connectivity index (χ1v) is 6.60. The van der Waals surface area contributed by atoms with Crippen LogP contribution in [0.2, 0.25) is 0 Å². The van der Waals surface area contributed by atoms with Crippen molar-refractivity contribution in [1.29, 1.82) is 0 Å². The Bertz CT molecular complexity index is 617. The highest BCUT2D eigenvalue weighted by molar-refractivity contribution is 9.10. The first kappa shape index (κ1) is 14.0. The minimum absolute atomic E-state index is 0.319. The second-order valence-electron chi connectivity index (χ2n) is 4.21. The number of hydrogen-bond donors (Lipinski definition) is 1. The predicted octanol–water partition coefficient (Wildman–Crippen LogP) is 3.85. The summed E-state index contributed by atoms with van der Waals surface area (Å²) in [6.45, 7) is 4.12. The van der Waals surface area contributed by atoms with Crippen LogP contribution < -0.4 is 10.5 Å². The number of rotatable bonds is 3. The van der Waals surface area contributed by atoms with Gasteiger partial charge in [-0.1, -0.05) is 0 Å². The zero-order valence-corrected chi connectivity index (χ0v) is 12.3. The quantitative estimate of drug-likeness (QED) is 0.932. The Morgan fingerprint density at radius 3 is 2.63 bits per heavy atom. The molecule has 5 heteroatoms. The molecular formula is C14H14BrFN2O. The summed E-state index contributed by atoms with van der Waals surface area (Å²) in [7, 11) is 0. The van der Waals surface area contributed by atoms with Gasteiger partial charge in [-0.15, -0.1) is 0 Å². The van der Waals surface area contributed by atoms with Crippen LogP contribution in [0.3, 0.4) is 0 Å². The van der Waals surface area contributed by atoms with Crippen molar-refractivity contribution < 1.29 is 9.13 Å². The molecule has 0 radical (unpaired) electrons. The van der Waals surface area contributed by atoms with Crippen molar-refractivity contribution in [2.45, 2.75) is 20.4 Å². The fourth-order valence-corrected chi connectivity index (χ4v) is 2.27. The lowest BCUT2D eigenvalue weighted by molar-refractivity contribution is 0.469. The van der Waals surface area contributed by atoms with Crippen molar-refractivity contribution in [3.8, 4) is 11.5 Å². The minimum Gasteiger partial charge on any atom is -0.456 e. The third kappa shape index (κ3) is 3.11. The summed E-state index contributed by atoms with van der Waals surface area (Å²) in [4.78, 5) is 4.35. The number of nitrogens with zero attached hydrogens (tertiary/aromatic N) is 1. The zero-order valence-electron chi connectivity index (χ0n) is 10.7. The maximum atomic E-state index is 13.0. The maximum absolute atomic E-state index is 13.0. The first-order valence-electron chi connectivity index (χ1n) is 5.81. The van der Waals surface area contributed by atoms with Gasteiger partial charge in [-0.05, 0) is 48.0 Å². The van der Waals surface area contributed by atoms with Gasteiger partial charge < -0.3 is 10.5 Å². The molecule has 3 nitrogen and oxygen atoms in total. The summed E-state index contributed by atoms with van der Waals surface area (Å²) >= 11 is 3.28. The van der Waals surface area contributed by atoms with Gasteiger partial charge in [0.1, 0.15) is 17.3 Å². The van der Waals surface area contributed by atoms with Crippen LogP contribution in [0.4, 0.5) is 4.39 Å². The van der Waals surface area contributed by atoms with E-state index in [9.17, 15) is 4.39 Å². The van der Waals surface area contributed by atoms with Crippen molar-refractivity contribution >= 4 is 15.9 Å². The van der Waals surface area contributed by atoms with E-state index < -0.39 is 0 Å². The Balaban J connectivity index is 2.42. The molecule has 0 aliphatic rings. The topological polar surface area (TPSA) is 48.1 Å². The van der Waals surface area contributed by atoms with Gasteiger partial charge in [0, 0.05) is 29.6 Å². The summed E-state index contributed by atoms with van der Waals surface area (Å²) in [6, 6.07) is 6.11. The number of benzene rings is 1. The number of hydrogen-bond acceptors (Lipinski definition) is 3. The molecule has 0 saturated carbocycles. The van der Waals surface area contributed by atoms with Crippen LogP contribution in [-0.4, -0.2) is 4.98 Å². The van der Waals surface area contributed by atoms with Gasteiger partial charge >= 0.3 is 0 Å². The Morgan fingerprint density at radius 2 is 2.00 bits per heavy atom. The van der Waals surface area contributed by atoms with Crippen molar-refractivity contribution in [3.05, 3.63) is 51.5 Å². The molecule has 2 N–H and O–H groups in total. The van der Waals surface area contributed by atoms with E-state index in [1.807, 2.05) is 19.9 Å². The van der Waals surface area contributed by atoms with Gasteiger partial charge in [-0.2, -0.15) is 0 Å². The molecule has 0 aliphatic heterocycles. The normalized spacial score (nSPS) is 10.6. The average molecular weight is 325 g/mol.